The summed E-state index contributed by atoms with van der Waals surface area (Å²) in [5, 5.41) is 2.85. The zero-order valence-electron chi connectivity index (χ0n) is 9.93. The minimum absolute atomic E-state index is 0.107. The van der Waals surface area contributed by atoms with Gasteiger partial charge in [-0.15, -0.1) is 0 Å². The van der Waals surface area contributed by atoms with E-state index in [1.165, 1.54) is 18.2 Å². The molecule has 0 saturated heterocycles. The number of rotatable bonds is 6. The van der Waals surface area contributed by atoms with Crippen LogP contribution < -0.4 is 5.32 Å². The van der Waals surface area contributed by atoms with Crippen LogP contribution in [-0.2, 0) is 4.74 Å². The van der Waals surface area contributed by atoms with Crippen LogP contribution in [0.15, 0.2) is 24.3 Å². The van der Waals surface area contributed by atoms with Crippen molar-refractivity contribution >= 4 is 0 Å². The van der Waals surface area contributed by atoms with E-state index >= 15 is 0 Å². The van der Waals surface area contributed by atoms with E-state index in [2.05, 4.69) is 10.1 Å². The largest absolute Gasteiger partial charge is 0.411 e. The quantitative estimate of drug-likeness (QED) is 0.798. The molecule has 0 amide bonds. The second-order valence-electron chi connectivity index (χ2n) is 3.94. The van der Waals surface area contributed by atoms with Gasteiger partial charge in [0.15, 0.2) is 0 Å². The molecule has 1 N–H and O–H groups in total. The van der Waals surface area contributed by atoms with Crippen LogP contribution in [0.25, 0.3) is 0 Å². The predicted octanol–water partition coefficient (Wildman–Crippen LogP) is 2.71. The predicted molar refractivity (Wildman–Crippen MR) is 59.9 cm³/mol. The highest BCUT2D eigenvalue weighted by Gasteiger charge is 2.28. The molecule has 0 aliphatic heterocycles. The Kier molecular flexibility index (Phi) is 5.55. The highest BCUT2D eigenvalue weighted by atomic mass is 19.4. The number of halogens is 4. The molecular weight excluding hydrogens is 250 g/mol. The molecule has 1 aromatic carbocycles. The summed E-state index contributed by atoms with van der Waals surface area (Å²) in [5.74, 6) is -0.725. The number of nitrogens with one attached hydrogen (secondary N) is 1. The molecule has 0 heterocycles. The second-order valence-corrected chi connectivity index (χ2v) is 3.94. The molecule has 0 aliphatic carbocycles. The zero-order valence-corrected chi connectivity index (χ0v) is 9.93. The summed E-state index contributed by atoms with van der Waals surface area (Å²) < 4.78 is 53.5. The van der Waals surface area contributed by atoms with Gasteiger partial charge in [-0.25, -0.2) is 4.39 Å². The van der Waals surface area contributed by atoms with Gasteiger partial charge in [0.05, 0.1) is 6.61 Å². The number of benzene rings is 1. The summed E-state index contributed by atoms with van der Waals surface area (Å²) in [6.45, 7) is -0.979. The molecular formula is C12H15F4NO. The molecule has 0 aromatic heterocycles. The highest BCUT2D eigenvalue weighted by molar-refractivity contribution is 5.21. The first kappa shape index (κ1) is 14.9. The molecule has 0 fully saturated rings. The molecule has 0 aliphatic rings. The van der Waals surface area contributed by atoms with Gasteiger partial charge in [-0.1, -0.05) is 12.1 Å². The van der Waals surface area contributed by atoms with Gasteiger partial charge in [-0.2, -0.15) is 13.2 Å². The molecule has 1 aromatic rings. The number of alkyl halides is 3. The van der Waals surface area contributed by atoms with Crippen molar-refractivity contribution in [1.29, 1.82) is 0 Å². The second kappa shape index (κ2) is 6.70. The Morgan fingerprint density at radius 3 is 2.61 bits per heavy atom. The van der Waals surface area contributed by atoms with Crippen molar-refractivity contribution in [3.05, 3.63) is 35.6 Å². The van der Waals surface area contributed by atoms with E-state index in [-0.39, 0.29) is 12.5 Å². The Morgan fingerprint density at radius 2 is 2.06 bits per heavy atom. The number of likely N-dealkylation sites (N-methyl/N-ethyl adjacent to an activating group) is 1. The lowest BCUT2D eigenvalue weighted by molar-refractivity contribution is -0.174. The SMILES string of the molecule is CNCC(COCC(F)(F)F)c1cccc(F)c1. The Bertz CT molecular complexity index is 367. The van der Waals surface area contributed by atoms with Gasteiger partial charge in [0, 0.05) is 12.5 Å². The first-order valence-electron chi connectivity index (χ1n) is 5.47. The topological polar surface area (TPSA) is 21.3 Å². The number of ether oxygens (including phenoxy) is 1. The summed E-state index contributed by atoms with van der Waals surface area (Å²) in [7, 11) is 1.68. The molecule has 1 atom stereocenters. The maximum absolute atomic E-state index is 13.0. The van der Waals surface area contributed by atoms with Crippen molar-refractivity contribution < 1.29 is 22.3 Å². The third-order valence-corrected chi connectivity index (χ3v) is 2.36. The molecule has 0 radical (unpaired) electrons. The summed E-state index contributed by atoms with van der Waals surface area (Å²) in [6.07, 6.45) is -4.34. The van der Waals surface area contributed by atoms with Crippen molar-refractivity contribution in [3.63, 3.8) is 0 Å². The average molecular weight is 265 g/mol. The average Bonchev–Trinajstić information content (AvgIpc) is 2.26. The van der Waals surface area contributed by atoms with E-state index in [9.17, 15) is 17.6 Å². The van der Waals surface area contributed by atoms with Gasteiger partial charge in [0.1, 0.15) is 12.4 Å². The van der Waals surface area contributed by atoms with E-state index in [4.69, 9.17) is 0 Å². The minimum atomic E-state index is -4.34. The van der Waals surface area contributed by atoms with E-state index in [0.717, 1.165) is 0 Å². The van der Waals surface area contributed by atoms with Crippen LogP contribution in [-0.4, -0.2) is 33.0 Å². The third-order valence-electron chi connectivity index (χ3n) is 2.36. The molecule has 0 saturated carbocycles. The molecule has 2 nitrogen and oxygen atoms in total. The fourth-order valence-corrected chi connectivity index (χ4v) is 1.60. The van der Waals surface area contributed by atoms with Crippen LogP contribution in [0, 0.1) is 5.82 Å². The van der Waals surface area contributed by atoms with E-state index in [1.807, 2.05) is 0 Å². The van der Waals surface area contributed by atoms with Crippen LogP contribution in [0.4, 0.5) is 17.6 Å². The highest BCUT2D eigenvalue weighted by Crippen LogP contribution is 2.19. The lowest BCUT2D eigenvalue weighted by atomic mass is 10.00. The fourth-order valence-electron chi connectivity index (χ4n) is 1.60. The van der Waals surface area contributed by atoms with E-state index < -0.39 is 18.6 Å². The van der Waals surface area contributed by atoms with Crippen LogP contribution in [0.5, 0.6) is 0 Å². The van der Waals surface area contributed by atoms with Crippen LogP contribution in [0.3, 0.4) is 0 Å². The van der Waals surface area contributed by atoms with Crippen molar-refractivity contribution in [2.24, 2.45) is 0 Å². The van der Waals surface area contributed by atoms with Crippen LogP contribution in [0.2, 0.25) is 0 Å². The van der Waals surface area contributed by atoms with E-state index in [1.54, 1.807) is 13.1 Å². The summed E-state index contributed by atoms with van der Waals surface area (Å²) in [4.78, 5) is 0. The number of hydrogen-bond acceptors (Lipinski definition) is 2. The standard InChI is InChI=1S/C12H15F4NO/c1-17-6-10(7-18-8-12(14,15)16)9-3-2-4-11(13)5-9/h2-5,10,17H,6-8H2,1H3. The van der Waals surface area contributed by atoms with Crippen molar-refractivity contribution in [1.82, 2.24) is 5.32 Å². The van der Waals surface area contributed by atoms with Crippen LogP contribution >= 0.6 is 0 Å². The van der Waals surface area contributed by atoms with Crippen LogP contribution in [0.1, 0.15) is 11.5 Å². The van der Waals surface area contributed by atoms with Gasteiger partial charge < -0.3 is 10.1 Å². The van der Waals surface area contributed by atoms with Crippen molar-refractivity contribution in [2.45, 2.75) is 12.1 Å². The van der Waals surface area contributed by atoms with Gasteiger partial charge in [-0.05, 0) is 24.7 Å². The Hall–Kier alpha value is -1.14. The maximum Gasteiger partial charge on any atom is 0.411 e. The normalized spacial score (nSPS) is 13.6. The first-order chi connectivity index (χ1) is 8.42. The van der Waals surface area contributed by atoms with Gasteiger partial charge in [0.25, 0.3) is 0 Å². The molecule has 1 unspecified atom stereocenters. The Labute approximate surface area is 103 Å². The van der Waals surface area contributed by atoms with Crippen molar-refractivity contribution in [2.75, 3.05) is 26.8 Å². The minimum Gasteiger partial charge on any atom is -0.371 e. The van der Waals surface area contributed by atoms with Gasteiger partial charge in [0.2, 0.25) is 0 Å². The summed E-state index contributed by atoms with van der Waals surface area (Å²) in [6, 6.07) is 5.79. The molecule has 0 bridgehead atoms. The van der Waals surface area contributed by atoms with Gasteiger partial charge in [-0.3, -0.25) is 0 Å². The van der Waals surface area contributed by atoms with E-state index in [0.29, 0.717) is 12.1 Å². The fraction of sp³-hybridized carbons (Fsp3) is 0.500. The monoisotopic (exact) mass is 265 g/mol. The molecule has 6 heteroatoms. The lowest BCUT2D eigenvalue weighted by Crippen LogP contribution is -2.25. The first-order valence-corrected chi connectivity index (χ1v) is 5.47. The molecule has 102 valence electrons. The molecule has 1 rings (SSSR count). The van der Waals surface area contributed by atoms with Gasteiger partial charge >= 0.3 is 6.18 Å². The summed E-state index contributed by atoms with van der Waals surface area (Å²) in [5.41, 5.74) is 0.617. The third kappa shape index (κ3) is 5.46. The molecule has 18 heavy (non-hydrogen) atoms. The zero-order chi connectivity index (χ0) is 13.6. The smallest absolute Gasteiger partial charge is 0.371 e. The Morgan fingerprint density at radius 1 is 1.33 bits per heavy atom. The lowest BCUT2D eigenvalue weighted by Gasteiger charge is -2.18. The molecule has 0 spiro atoms. The summed E-state index contributed by atoms with van der Waals surface area (Å²) >= 11 is 0. The Balaban J connectivity index is 2.60. The maximum atomic E-state index is 13.0. The van der Waals surface area contributed by atoms with Crippen molar-refractivity contribution in [3.8, 4) is 0 Å². The number of hydrogen-bond donors (Lipinski definition) is 1.